The molecule has 1 heterocycles. The van der Waals surface area contributed by atoms with E-state index in [0.717, 1.165) is 37.6 Å². The first-order valence-electron chi connectivity index (χ1n) is 7.93. The molecule has 1 aliphatic rings. The van der Waals surface area contributed by atoms with Gasteiger partial charge in [0.1, 0.15) is 0 Å². The molecule has 0 bridgehead atoms. The summed E-state index contributed by atoms with van der Waals surface area (Å²) in [7, 11) is 4.15. The number of hydrogen-bond donors (Lipinski definition) is 2. The van der Waals surface area contributed by atoms with Gasteiger partial charge in [0.05, 0.1) is 0 Å². The molecule has 2 rings (SSSR count). The van der Waals surface area contributed by atoms with Crippen LogP contribution >= 0.6 is 11.8 Å². The maximum atomic E-state index is 11.9. The van der Waals surface area contributed by atoms with Crippen molar-refractivity contribution in [3.8, 4) is 0 Å². The van der Waals surface area contributed by atoms with Crippen LogP contribution in [0, 0.1) is 0 Å². The minimum Gasteiger partial charge on any atom is -0.337 e. The van der Waals surface area contributed by atoms with E-state index in [4.69, 9.17) is 0 Å². The Morgan fingerprint density at radius 1 is 1.22 bits per heavy atom. The van der Waals surface area contributed by atoms with Crippen molar-refractivity contribution in [2.24, 2.45) is 0 Å². The summed E-state index contributed by atoms with van der Waals surface area (Å²) in [5, 5.41) is 5.76. The predicted octanol–water partition coefficient (Wildman–Crippen LogP) is 2.33. The second-order valence-corrected chi connectivity index (χ2v) is 6.96. The third-order valence-corrected chi connectivity index (χ3v) is 4.52. The summed E-state index contributed by atoms with van der Waals surface area (Å²) in [6.07, 6.45) is 4.30. The van der Waals surface area contributed by atoms with Crippen LogP contribution in [0.5, 0.6) is 0 Å². The summed E-state index contributed by atoms with van der Waals surface area (Å²) in [6.45, 7) is 4.56. The van der Waals surface area contributed by atoms with Gasteiger partial charge in [-0.05, 0) is 38.4 Å². The number of nitrogens with one attached hydrogen (secondary N) is 2. The molecule has 0 saturated carbocycles. The van der Waals surface area contributed by atoms with Gasteiger partial charge in [-0.1, -0.05) is 12.2 Å². The van der Waals surface area contributed by atoms with Crippen LogP contribution in [0.4, 0.5) is 10.5 Å². The molecule has 5 nitrogen and oxygen atoms in total. The van der Waals surface area contributed by atoms with Crippen molar-refractivity contribution < 1.29 is 4.79 Å². The fourth-order valence-electron chi connectivity index (χ4n) is 2.19. The summed E-state index contributed by atoms with van der Waals surface area (Å²) < 4.78 is 0. The number of carbonyl (C=O) groups excluding carboxylic acids is 1. The average molecular weight is 334 g/mol. The van der Waals surface area contributed by atoms with Gasteiger partial charge in [0.25, 0.3) is 0 Å². The van der Waals surface area contributed by atoms with E-state index in [-0.39, 0.29) is 6.03 Å². The van der Waals surface area contributed by atoms with Crippen LogP contribution in [-0.2, 0) is 0 Å². The first-order valence-corrected chi connectivity index (χ1v) is 8.92. The monoisotopic (exact) mass is 334 g/mol. The fourth-order valence-corrected chi connectivity index (χ4v) is 3.21. The number of amides is 2. The zero-order valence-electron chi connectivity index (χ0n) is 13.9. The Balaban J connectivity index is 1.64. The second-order valence-electron chi connectivity index (χ2n) is 5.79. The summed E-state index contributed by atoms with van der Waals surface area (Å²) in [6, 6.07) is 7.84. The number of nitrogens with zero attached hydrogens (tertiary/aromatic N) is 2. The Labute approximate surface area is 143 Å². The van der Waals surface area contributed by atoms with Gasteiger partial charge >= 0.3 is 6.03 Å². The number of urea groups is 1. The molecule has 1 aliphatic heterocycles. The summed E-state index contributed by atoms with van der Waals surface area (Å²) in [4.78, 5) is 17.5. The van der Waals surface area contributed by atoms with E-state index >= 15 is 0 Å². The van der Waals surface area contributed by atoms with Gasteiger partial charge in [-0.3, -0.25) is 4.90 Å². The molecule has 0 aromatic heterocycles. The highest BCUT2D eigenvalue weighted by molar-refractivity contribution is 7.99. The van der Waals surface area contributed by atoms with Crippen molar-refractivity contribution in [2.75, 3.05) is 57.9 Å². The molecule has 0 spiro atoms. The van der Waals surface area contributed by atoms with E-state index in [2.05, 4.69) is 46.7 Å². The number of benzene rings is 1. The molecule has 0 radical (unpaired) electrons. The quantitative estimate of drug-likeness (QED) is 0.566. The van der Waals surface area contributed by atoms with Crippen molar-refractivity contribution in [2.45, 2.75) is 4.90 Å². The van der Waals surface area contributed by atoms with Crippen molar-refractivity contribution in [1.29, 1.82) is 0 Å². The standard InChI is InChI=1S/C17H26N4OS/c1-20(2)13-14-23-16-7-5-15(6-8-16)19-17(22)18-9-12-21-10-3-4-11-21/h3-8H,9-14H2,1-2H3,(H2,18,19,22). The third-order valence-electron chi connectivity index (χ3n) is 3.53. The van der Waals surface area contributed by atoms with Crippen LogP contribution < -0.4 is 10.6 Å². The Hall–Kier alpha value is -1.50. The Kier molecular flexibility index (Phi) is 7.45. The van der Waals surface area contributed by atoms with E-state index in [1.54, 1.807) is 0 Å². The Morgan fingerprint density at radius 3 is 2.57 bits per heavy atom. The zero-order chi connectivity index (χ0) is 16.5. The molecule has 0 saturated heterocycles. The smallest absolute Gasteiger partial charge is 0.319 e. The summed E-state index contributed by atoms with van der Waals surface area (Å²) in [5.74, 6) is 1.06. The highest BCUT2D eigenvalue weighted by atomic mass is 32.2. The van der Waals surface area contributed by atoms with Crippen LogP contribution in [0.15, 0.2) is 41.3 Å². The van der Waals surface area contributed by atoms with Gasteiger partial charge in [-0.15, -0.1) is 11.8 Å². The molecule has 1 aromatic rings. The molecule has 1 aromatic carbocycles. The second kappa shape index (κ2) is 9.60. The molecule has 0 aliphatic carbocycles. The number of carbonyl (C=O) groups is 1. The van der Waals surface area contributed by atoms with E-state index in [1.807, 2.05) is 36.0 Å². The van der Waals surface area contributed by atoms with Crippen molar-refractivity contribution in [3.05, 3.63) is 36.4 Å². The number of hydrogen-bond acceptors (Lipinski definition) is 4. The summed E-state index contributed by atoms with van der Waals surface area (Å²) in [5.41, 5.74) is 0.822. The number of rotatable bonds is 8. The normalized spacial score (nSPS) is 14.4. The van der Waals surface area contributed by atoms with Gasteiger partial charge in [-0.25, -0.2) is 4.79 Å². The highest BCUT2D eigenvalue weighted by Gasteiger charge is 2.07. The molecule has 0 atom stereocenters. The fraction of sp³-hybridized carbons (Fsp3) is 0.471. The topological polar surface area (TPSA) is 47.6 Å². The van der Waals surface area contributed by atoms with Crippen LogP contribution in [0.25, 0.3) is 0 Å². The molecular formula is C17H26N4OS. The molecule has 0 fully saturated rings. The summed E-state index contributed by atoms with van der Waals surface area (Å²) >= 11 is 1.82. The Morgan fingerprint density at radius 2 is 1.91 bits per heavy atom. The van der Waals surface area contributed by atoms with Crippen molar-refractivity contribution in [1.82, 2.24) is 15.1 Å². The van der Waals surface area contributed by atoms with E-state index in [1.165, 1.54) is 4.90 Å². The Bertz CT molecular complexity index is 508. The minimum atomic E-state index is -0.148. The maximum Gasteiger partial charge on any atom is 0.319 e. The van der Waals surface area contributed by atoms with Gasteiger partial charge in [0, 0.05) is 49.1 Å². The number of anilines is 1. The third kappa shape index (κ3) is 7.07. The van der Waals surface area contributed by atoms with Crippen molar-refractivity contribution >= 4 is 23.5 Å². The lowest BCUT2D eigenvalue weighted by molar-refractivity contribution is 0.250. The van der Waals surface area contributed by atoms with Crippen LogP contribution in [0.3, 0.4) is 0 Å². The first kappa shape index (κ1) is 17.8. The van der Waals surface area contributed by atoms with Crippen LogP contribution in [0.1, 0.15) is 0 Å². The maximum absolute atomic E-state index is 11.9. The largest absolute Gasteiger partial charge is 0.337 e. The lowest BCUT2D eigenvalue weighted by Gasteiger charge is -2.15. The first-order chi connectivity index (χ1) is 11.1. The lowest BCUT2D eigenvalue weighted by atomic mass is 10.3. The van der Waals surface area contributed by atoms with Gasteiger partial charge in [0.15, 0.2) is 0 Å². The molecule has 2 amide bonds. The van der Waals surface area contributed by atoms with Crippen LogP contribution in [0.2, 0.25) is 0 Å². The number of thioether (sulfide) groups is 1. The zero-order valence-corrected chi connectivity index (χ0v) is 14.7. The average Bonchev–Trinajstić information content (AvgIpc) is 3.02. The molecule has 0 unspecified atom stereocenters. The van der Waals surface area contributed by atoms with Gasteiger partial charge in [-0.2, -0.15) is 0 Å². The van der Waals surface area contributed by atoms with Gasteiger partial charge < -0.3 is 15.5 Å². The van der Waals surface area contributed by atoms with E-state index in [9.17, 15) is 4.79 Å². The van der Waals surface area contributed by atoms with E-state index < -0.39 is 0 Å². The van der Waals surface area contributed by atoms with Gasteiger partial charge in [0.2, 0.25) is 0 Å². The molecule has 2 N–H and O–H groups in total. The van der Waals surface area contributed by atoms with Crippen LogP contribution in [-0.4, -0.2) is 68.4 Å². The lowest BCUT2D eigenvalue weighted by Crippen LogP contribution is -2.36. The minimum absolute atomic E-state index is 0.148. The molecule has 126 valence electrons. The molecule has 6 heteroatoms. The molecule has 23 heavy (non-hydrogen) atoms. The SMILES string of the molecule is CN(C)CCSc1ccc(NC(=O)NCCN2CC=CC2)cc1. The van der Waals surface area contributed by atoms with E-state index in [0.29, 0.717) is 6.54 Å². The predicted molar refractivity (Wildman–Crippen MR) is 98.3 cm³/mol. The highest BCUT2D eigenvalue weighted by Crippen LogP contribution is 2.20. The van der Waals surface area contributed by atoms with Crippen molar-refractivity contribution in [3.63, 3.8) is 0 Å². The molecular weight excluding hydrogens is 308 g/mol.